The number of aromatic hydroxyl groups is 1. The van der Waals surface area contributed by atoms with Crippen LogP contribution in [0.2, 0.25) is 0 Å². The number of phenolic OH excluding ortho intramolecular Hbond substituents is 1. The van der Waals surface area contributed by atoms with E-state index >= 15 is 0 Å². The van der Waals surface area contributed by atoms with Gasteiger partial charge in [-0.3, -0.25) is 0 Å². The van der Waals surface area contributed by atoms with Crippen molar-refractivity contribution in [2.24, 2.45) is 0 Å². The Bertz CT molecular complexity index is 489. The first-order chi connectivity index (χ1) is 8.47. The van der Waals surface area contributed by atoms with E-state index in [1.54, 1.807) is 11.8 Å². The molecule has 18 heavy (non-hydrogen) atoms. The van der Waals surface area contributed by atoms with Crippen LogP contribution in [0.3, 0.4) is 0 Å². The molecule has 0 aliphatic rings. The molecule has 1 aromatic rings. The van der Waals surface area contributed by atoms with Crippen LogP contribution in [0, 0.1) is 0 Å². The molecule has 0 atom stereocenters. The van der Waals surface area contributed by atoms with Gasteiger partial charge in [-0.15, -0.1) is 0 Å². The van der Waals surface area contributed by atoms with Gasteiger partial charge in [0.2, 0.25) is 10.0 Å². The van der Waals surface area contributed by atoms with Crippen LogP contribution in [0.4, 0.5) is 5.69 Å². The van der Waals surface area contributed by atoms with Crippen LogP contribution in [0.5, 0.6) is 5.75 Å². The highest BCUT2D eigenvalue weighted by atomic mass is 32.2. The first-order valence-electron chi connectivity index (χ1n) is 5.54. The van der Waals surface area contributed by atoms with Gasteiger partial charge in [-0.05, 0) is 43.0 Å². The fourth-order valence-corrected chi connectivity index (χ4v) is 2.96. The Balaban J connectivity index is 2.60. The molecule has 0 aliphatic carbocycles. The van der Waals surface area contributed by atoms with Crippen molar-refractivity contribution < 1.29 is 13.5 Å². The number of anilines is 1. The number of nitrogens with two attached hydrogens (primary N) is 1. The number of nitrogen functional groups attached to an aromatic ring is 1. The maximum atomic E-state index is 11.9. The number of hydrogen-bond donors (Lipinski definition) is 3. The van der Waals surface area contributed by atoms with Crippen LogP contribution in [-0.2, 0) is 10.0 Å². The molecule has 0 saturated heterocycles. The van der Waals surface area contributed by atoms with E-state index in [9.17, 15) is 13.5 Å². The largest absolute Gasteiger partial charge is 0.506 e. The molecule has 0 amide bonds. The maximum absolute atomic E-state index is 11.9. The predicted octanol–water partition coefficient (Wildman–Crippen LogP) is 1.40. The number of phenols is 1. The number of sulfonamides is 1. The first-order valence-corrected chi connectivity index (χ1v) is 8.42. The second kappa shape index (κ2) is 6.86. The van der Waals surface area contributed by atoms with Crippen molar-refractivity contribution >= 4 is 27.5 Å². The van der Waals surface area contributed by atoms with Crippen molar-refractivity contribution in [3.05, 3.63) is 18.2 Å². The standard InChI is InChI=1S/C11H18N2O3S2/c1-17-7-3-2-6-13-18(15,16)9-4-5-11(14)10(12)8-9/h4-5,8,13-14H,2-3,6-7,12H2,1H3. The lowest BCUT2D eigenvalue weighted by Crippen LogP contribution is -2.25. The molecular formula is C11H18N2O3S2. The van der Waals surface area contributed by atoms with Crippen LogP contribution in [0.25, 0.3) is 0 Å². The van der Waals surface area contributed by atoms with Crippen LogP contribution >= 0.6 is 11.8 Å². The SMILES string of the molecule is CSCCCCNS(=O)(=O)c1ccc(O)c(N)c1. The highest BCUT2D eigenvalue weighted by molar-refractivity contribution is 7.98. The van der Waals surface area contributed by atoms with Gasteiger partial charge in [0.1, 0.15) is 5.75 Å². The molecule has 4 N–H and O–H groups in total. The van der Waals surface area contributed by atoms with Crippen molar-refractivity contribution in [2.75, 3.05) is 24.3 Å². The van der Waals surface area contributed by atoms with Gasteiger partial charge in [-0.25, -0.2) is 13.1 Å². The molecule has 102 valence electrons. The first kappa shape index (κ1) is 15.1. The van der Waals surface area contributed by atoms with Gasteiger partial charge in [0, 0.05) is 6.54 Å². The van der Waals surface area contributed by atoms with Crippen molar-refractivity contribution in [3.8, 4) is 5.75 Å². The minimum atomic E-state index is -3.53. The van der Waals surface area contributed by atoms with E-state index < -0.39 is 10.0 Å². The number of rotatable bonds is 7. The Labute approximate surface area is 112 Å². The monoisotopic (exact) mass is 290 g/mol. The van der Waals surface area contributed by atoms with Gasteiger partial charge < -0.3 is 10.8 Å². The van der Waals surface area contributed by atoms with Gasteiger partial charge in [-0.2, -0.15) is 11.8 Å². The summed E-state index contributed by atoms with van der Waals surface area (Å²) in [7, 11) is -3.53. The van der Waals surface area contributed by atoms with Crippen LogP contribution in [0.1, 0.15) is 12.8 Å². The molecule has 0 saturated carbocycles. The van der Waals surface area contributed by atoms with Crippen molar-refractivity contribution in [2.45, 2.75) is 17.7 Å². The minimum Gasteiger partial charge on any atom is -0.506 e. The molecule has 5 nitrogen and oxygen atoms in total. The Morgan fingerprint density at radius 2 is 2.11 bits per heavy atom. The van der Waals surface area contributed by atoms with Gasteiger partial charge in [0.15, 0.2) is 0 Å². The van der Waals surface area contributed by atoms with Gasteiger partial charge in [0.05, 0.1) is 10.6 Å². The molecule has 7 heteroatoms. The molecule has 0 aliphatic heterocycles. The van der Waals surface area contributed by atoms with E-state index in [-0.39, 0.29) is 16.3 Å². The lowest BCUT2D eigenvalue weighted by Gasteiger charge is -2.07. The Morgan fingerprint density at radius 1 is 1.39 bits per heavy atom. The normalized spacial score (nSPS) is 11.6. The van der Waals surface area contributed by atoms with Gasteiger partial charge >= 0.3 is 0 Å². The molecule has 0 aromatic heterocycles. The van der Waals surface area contributed by atoms with E-state index in [2.05, 4.69) is 4.72 Å². The predicted molar refractivity (Wildman–Crippen MR) is 75.3 cm³/mol. The third-order valence-electron chi connectivity index (χ3n) is 2.38. The van der Waals surface area contributed by atoms with Crippen LogP contribution in [0.15, 0.2) is 23.1 Å². The minimum absolute atomic E-state index is 0.0558. The zero-order valence-corrected chi connectivity index (χ0v) is 11.9. The summed E-state index contributed by atoms with van der Waals surface area (Å²) in [6.07, 6.45) is 3.79. The fourth-order valence-electron chi connectivity index (χ4n) is 1.36. The summed E-state index contributed by atoms with van der Waals surface area (Å²) < 4.78 is 26.3. The lowest BCUT2D eigenvalue weighted by atomic mass is 10.3. The second-order valence-electron chi connectivity index (χ2n) is 3.82. The molecule has 0 bridgehead atoms. The van der Waals surface area contributed by atoms with Crippen LogP contribution < -0.4 is 10.5 Å². The molecule has 0 unspecified atom stereocenters. The molecule has 0 spiro atoms. The Morgan fingerprint density at radius 3 is 2.72 bits per heavy atom. The molecule has 0 radical (unpaired) electrons. The number of unbranched alkanes of at least 4 members (excludes halogenated alkanes) is 1. The third kappa shape index (κ3) is 4.40. The highest BCUT2D eigenvalue weighted by Crippen LogP contribution is 2.22. The molecule has 1 aromatic carbocycles. The zero-order chi connectivity index (χ0) is 13.6. The number of thioether (sulfide) groups is 1. The topological polar surface area (TPSA) is 92.4 Å². The maximum Gasteiger partial charge on any atom is 0.240 e. The number of hydrogen-bond acceptors (Lipinski definition) is 5. The van der Waals surface area contributed by atoms with E-state index in [1.807, 2.05) is 6.26 Å². The van der Waals surface area contributed by atoms with Crippen molar-refractivity contribution in [1.82, 2.24) is 4.72 Å². The average Bonchev–Trinajstić information content (AvgIpc) is 2.32. The summed E-state index contributed by atoms with van der Waals surface area (Å²) in [5, 5.41) is 9.24. The molecule has 1 rings (SSSR count). The summed E-state index contributed by atoms with van der Waals surface area (Å²) in [6, 6.07) is 3.85. The average molecular weight is 290 g/mol. The Kier molecular flexibility index (Phi) is 5.77. The van der Waals surface area contributed by atoms with Gasteiger partial charge in [0.25, 0.3) is 0 Å². The number of benzene rings is 1. The molecule has 0 fully saturated rings. The van der Waals surface area contributed by atoms with E-state index in [0.717, 1.165) is 18.6 Å². The number of nitrogens with one attached hydrogen (secondary N) is 1. The summed E-state index contributed by atoms with van der Waals surface area (Å²) >= 11 is 1.74. The molecule has 0 heterocycles. The molecular weight excluding hydrogens is 272 g/mol. The van der Waals surface area contributed by atoms with Crippen LogP contribution in [-0.4, -0.2) is 32.1 Å². The van der Waals surface area contributed by atoms with E-state index in [0.29, 0.717) is 6.54 Å². The van der Waals surface area contributed by atoms with E-state index in [4.69, 9.17) is 5.73 Å². The smallest absolute Gasteiger partial charge is 0.240 e. The quantitative estimate of drug-likeness (QED) is 0.401. The fraction of sp³-hybridized carbons (Fsp3) is 0.455. The zero-order valence-electron chi connectivity index (χ0n) is 10.2. The summed E-state index contributed by atoms with van der Waals surface area (Å²) in [4.78, 5) is 0.0719. The second-order valence-corrected chi connectivity index (χ2v) is 6.57. The van der Waals surface area contributed by atoms with Gasteiger partial charge in [-0.1, -0.05) is 0 Å². The summed E-state index contributed by atoms with van der Waals surface area (Å²) in [6.45, 7) is 0.406. The summed E-state index contributed by atoms with van der Waals surface area (Å²) in [5.41, 5.74) is 5.52. The summed E-state index contributed by atoms with van der Waals surface area (Å²) in [5.74, 6) is 0.905. The highest BCUT2D eigenvalue weighted by Gasteiger charge is 2.14. The van der Waals surface area contributed by atoms with Crippen molar-refractivity contribution in [1.29, 1.82) is 0 Å². The van der Waals surface area contributed by atoms with Crippen molar-refractivity contribution in [3.63, 3.8) is 0 Å². The lowest BCUT2D eigenvalue weighted by molar-refractivity contribution is 0.477. The Hall–Kier alpha value is -0.920. The third-order valence-corrected chi connectivity index (χ3v) is 4.53. The van der Waals surface area contributed by atoms with E-state index in [1.165, 1.54) is 18.2 Å².